The van der Waals surface area contributed by atoms with E-state index in [1.54, 1.807) is 0 Å². The number of alkyl halides is 2. The molecule has 4 saturated carbocycles. The maximum absolute atomic E-state index is 16.4. The van der Waals surface area contributed by atoms with Crippen LogP contribution in [-0.2, 0) is 19.1 Å². The number of hydrogen-bond donors (Lipinski definition) is 0. The van der Waals surface area contributed by atoms with Gasteiger partial charge in [0.15, 0.2) is 0 Å². The Morgan fingerprint density at radius 3 is 2.14 bits per heavy atom. The molecule has 10 atom stereocenters. The normalized spacial score (nSPS) is 43.0. The Morgan fingerprint density at radius 1 is 0.892 bits per heavy atom. The van der Waals surface area contributed by atoms with Gasteiger partial charge in [0, 0.05) is 32.1 Å². The number of carbonyl (C=O) groups is 2. The Bertz CT molecular complexity index is 911. The van der Waals surface area contributed by atoms with Crippen LogP contribution in [0.4, 0.5) is 8.78 Å². The van der Waals surface area contributed by atoms with Crippen molar-refractivity contribution < 1.29 is 27.8 Å². The number of carbonyl (C=O) groups excluding carboxylic acids is 2. The molecular weight excluding hydrogens is 474 g/mol. The summed E-state index contributed by atoms with van der Waals surface area (Å²) in [7, 11) is 0. The minimum atomic E-state index is -2.84. The summed E-state index contributed by atoms with van der Waals surface area (Å²) >= 11 is 0. The van der Waals surface area contributed by atoms with Gasteiger partial charge in [-0.1, -0.05) is 32.4 Å². The van der Waals surface area contributed by atoms with Gasteiger partial charge in [-0.3, -0.25) is 9.59 Å². The maximum Gasteiger partial charge on any atom is 0.303 e. The number of hydrogen-bond acceptors (Lipinski definition) is 4. The van der Waals surface area contributed by atoms with Gasteiger partial charge in [-0.05, 0) is 99.7 Å². The van der Waals surface area contributed by atoms with Crippen LogP contribution in [0.1, 0.15) is 106 Å². The number of ether oxygens (including phenoxy) is 2. The minimum absolute atomic E-state index is 0.0216. The van der Waals surface area contributed by atoms with Gasteiger partial charge in [0.1, 0.15) is 12.2 Å². The molecule has 0 N–H and O–H groups in total. The molecule has 37 heavy (non-hydrogen) atoms. The van der Waals surface area contributed by atoms with Crippen molar-refractivity contribution in [3.63, 3.8) is 0 Å². The zero-order valence-electron chi connectivity index (χ0n) is 23.9. The molecule has 0 saturated heterocycles. The summed E-state index contributed by atoms with van der Waals surface area (Å²) in [4.78, 5) is 23.8. The van der Waals surface area contributed by atoms with Gasteiger partial charge >= 0.3 is 11.9 Å². The third-order valence-electron chi connectivity index (χ3n) is 11.2. The zero-order valence-corrected chi connectivity index (χ0v) is 23.9. The van der Waals surface area contributed by atoms with Gasteiger partial charge in [0.2, 0.25) is 0 Å². The van der Waals surface area contributed by atoms with Gasteiger partial charge in [-0.15, -0.1) is 0 Å². The minimum Gasteiger partial charge on any atom is -0.459 e. The van der Waals surface area contributed by atoms with E-state index in [1.165, 1.54) is 19.4 Å². The van der Waals surface area contributed by atoms with Crippen molar-refractivity contribution >= 4 is 11.9 Å². The molecule has 4 aliphatic carbocycles. The molecule has 4 nitrogen and oxygen atoms in total. The maximum atomic E-state index is 16.4. The number of fused-ring (bicyclic) bond motifs is 5. The Balaban J connectivity index is 1.61. The van der Waals surface area contributed by atoms with Gasteiger partial charge in [0.25, 0.3) is 5.92 Å². The van der Waals surface area contributed by atoms with Crippen molar-refractivity contribution in [2.45, 2.75) is 124 Å². The molecule has 0 spiro atoms. The van der Waals surface area contributed by atoms with Gasteiger partial charge in [-0.25, -0.2) is 8.78 Å². The van der Waals surface area contributed by atoms with Crippen molar-refractivity contribution in [3.05, 3.63) is 11.6 Å². The lowest BCUT2D eigenvalue weighted by atomic mass is 9.43. The monoisotopic (exact) mass is 522 g/mol. The SMILES string of the molecule is CC(=O)O[C@H]1[C@@H](OC(C)=O)CC[C@@]2(C)[C@H]1CC(F)(F)[C@@H]1[C@@H]2CC[C@]2(C)[C@@H]([C@H](C)CCC=C(C)C)CC[C@@H]12. The molecule has 6 heteroatoms. The topological polar surface area (TPSA) is 52.6 Å². The second-order valence-corrected chi connectivity index (χ2v) is 13.6. The smallest absolute Gasteiger partial charge is 0.303 e. The predicted octanol–water partition coefficient (Wildman–Crippen LogP) is 7.75. The molecule has 4 rings (SSSR count). The van der Waals surface area contributed by atoms with E-state index in [0.717, 1.165) is 44.9 Å². The first-order chi connectivity index (χ1) is 17.2. The lowest BCUT2D eigenvalue weighted by Gasteiger charge is -2.64. The summed E-state index contributed by atoms with van der Waals surface area (Å²) in [5, 5.41) is 0. The predicted molar refractivity (Wildman–Crippen MR) is 140 cm³/mol. The van der Waals surface area contributed by atoms with Crippen molar-refractivity contribution in [1.29, 1.82) is 0 Å². The molecule has 4 fully saturated rings. The fraction of sp³-hybridized carbons (Fsp3) is 0.871. The molecule has 0 aromatic rings. The lowest BCUT2D eigenvalue weighted by Crippen LogP contribution is -2.64. The van der Waals surface area contributed by atoms with E-state index >= 15 is 8.78 Å². The number of allylic oxidation sites excluding steroid dienone is 2. The average molecular weight is 523 g/mol. The van der Waals surface area contributed by atoms with Crippen LogP contribution >= 0.6 is 0 Å². The van der Waals surface area contributed by atoms with E-state index in [2.05, 4.69) is 40.7 Å². The molecule has 0 aliphatic heterocycles. The van der Waals surface area contributed by atoms with E-state index in [0.29, 0.717) is 18.3 Å². The molecule has 0 heterocycles. The molecule has 0 unspecified atom stereocenters. The van der Waals surface area contributed by atoms with E-state index in [1.807, 2.05) is 0 Å². The van der Waals surface area contributed by atoms with Crippen LogP contribution in [0.25, 0.3) is 0 Å². The summed E-state index contributed by atoms with van der Waals surface area (Å²) in [6.07, 6.45) is 7.68. The standard InChI is InChI=1S/C31H48F2O4/c1-18(2)9-8-10-19(3)22-11-12-23-27-24(13-15-29(22,23)6)30(7)16-14-26(36-20(4)34)28(37-21(5)35)25(30)17-31(27,32)33/h9,19,22-28H,8,10-17H2,1-7H3/t19-,22-,23+,24+,25+,26+,27+,28-,29-,30-/m1/s1. The van der Waals surface area contributed by atoms with Crippen LogP contribution < -0.4 is 0 Å². The molecule has 4 aliphatic rings. The van der Waals surface area contributed by atoms with Crippen LogP contribution in [0.2, 0.25) is 0 Å². The second kappa shape index (κ2) is 10.3. The van der Waals surface area contributed by atoms with Gasteiger partial charge in [0.05, 0.1) is 0 Å². The first kappa shape index (κ1) is 28.5. The Kier molecular flexibility index (Phi) is 7.92. The van der Waals surface area contributed by atoms with Gasteiger partial charge < -0.3 is 9.47 Å². The average Bonchev–Trinajstić information content (AvgIpc) is 3.13. The van der Waals surface area contributed by atoms with Crippen LogP contribution in [0, 0.1) is 46.3 Å². The fourth-order valence-corrected chi connectivity index (χ4v) is 9.64. The summed E-state index contributed by atoms with van der Waals surface area (Å²) in [6, 6.07) is 0. The number of esters is 2. The van der Waals surface area contributed by atoms with Crippen molar-refractivity contribution in [2.75, 3.05) is 0 Å². The fourth-order valence-electron chi connectivity index (χ4n) is 9.64. The molecule has 210 valence electrons. The first-order valence-electron chi connectivity index (χ1n) is 14.6. The quantitative estimate of drug-likeness (QED) is 0.264. The summed E-state index contributed by atoms with van der Waals surface area (Å²) < 4.78 is 43.9. The highest BCUT2D eigenvalue weighted by Crippen LogP contribution is 2.71. The highest BCUT2D eigenvalue weighted by molar-refractivity contribution is 5.67. The van der Waals surface area contributed by atoms with Crippen LogP contribution in [0.5, 0.6) is 0 Å². The molecule has 0 aromatic heterocycles. The Morgan fingerprint density at radius 2 is 1.51 bits per heavy atom. The third kappa shape index (κ3) is 5.12. The second-order valence-electron chi connectivity index (χ2n) is 13.6. The largest absolute Gasteiger partial charge is 0.459 e. The van der Waals surface area contributed by atoms with E-state index in [-0.39, 0.29) is 29.1 Å². The molecule has 0 amide bonds. The lowest BCUT2D eigenvalue weighted by molar-refractivity contribution is -0.263. The highest BCUT2D eigenvalue weighted by atomic mass is 19.3. The Hall–Kier alpha value is -1.46. The zero-order chi connectivity index (χ0) is 27.3. The number of halogens is 2. The highest BCUT2D eigenvalue weighted by Gasteiger charge is 2.70. The van der Waals surface area contributed by atoms with Gasteiger partial charge in [-0.2, -0.15) is 0 Å². The molecule has 0 bridgehead atoms. The van der Waals surface area contributed by atoms with Crippen LogP contribution in [0.15, 0.2) is 11.6 Å². The van der Waals surface area contributed by atoms with Crippen molar-refractivity contribution in [1.82, 2.24) is 0 Å². The summed E-state index contributed by atoms with van der Waals surface area (Å²) in [5.41, 5.74) is 0.920. The van der Waals surface area contributed by atoms with Crippen molar-refractivity contribution in [2.24, 2.45) is 46.3 Å². The third-order valence-corrected chi connectivity index (χ3v) is 11.2. The summed E-state index contributed by atoms with van der Waals surface area (Å²) in [5.74, 6) is -4.04. The van der Waals surface area contributed by atoms with E-state index in [9.17, 15) is 9.59 Å². The number of rotatable bonds is 6. The van der Waals surface area contributed by atoms with E-state index in [4.69, 9.17) is 9.47 Å². The van der Waals surface area contributed by atoms with Crippen molar-refractivity contribution in [3.8, 4) is 0 Å². The first-order valence-corrected chi connectivity index (χ1v) is 14.6. The molecule has 0 radical (unpaired) electrons. The molecule has 0 aromatic carbocycles. The molecular formula is C31H48F2O4. The van der Waals surface area contributed by atoms with Crippen LogP contribution in [-0.4, -0.2) is 30.1 Å². The summed E-state index contributed by atoms with van der Waals surface area (Å²) in [6.45, 7) is 13.7. The Labute approximate surface area is 222 Å². The van der Waals surface area contributed by atoms with E-state index < -0.39 is 41.9 Å². The van der Waals surface area contributed by atoms with Crippen LogP contribution in [0.3, 0.4) is 0 Å².